The lowest BCUT2D eigenvalue weighted by Gasteiger charge is -2.39. The molecular weight excluding hydrogens is 555 g/mol. The maximum Gasteiger partial charge on any atom is 0.416 e. The maximum absolute atomic E-state index is 13.7. The third-order valence-corrected chi connectivity index (χ3v) is 8.11. The molecule has 0 aliphatic carbocycles. The number of nitrogens with one attached hydrogen (secondary N) is 1. The van der Waals surface area contributed by atoms with E-state index in [1.54, 1.807) is 10.7 Å². The minimum atomic E-state index is -4.41. The van der Waals surface area contributed by atoms with Crippen molar-refractivity contribution < 1.29 is 13.2 Å². The molecule has 1 aliphatic heterocycles. The highest BCUT2D eigenvalue weighted by Crippen LogP contribution is 2.33. The van der Waals surface area contributed by atoms with Crippen molar-refractivity contribution in [2.45, 2.75) is 39.0 Å². The second kappa shape index (κ2) is 11.6. The minimum Gasteiger partial charge on any atom is -0.369 e. The first kappa shape index (κ1) is 28.6. The number of fused-ring (bicyclic) bond motifs is 1. The summed E-state index contributed by atoms with van der Waals surface area (Å²) < 4.78 is 41.9. The minimum absolute atomic E-state index is 0.222. The van der Waals surface area contributed by atoms with Gasteiger partial charge in [0.2, 0.25) is 0 Å². The molecule has 6 rings (SSSR count). The number of halogens is 3. The molecule has 1 N–H and O–H groups in total. The smallest absolute Gasteiger partial charge is 0.369 e. The Morgan fingerprint density at radius 3 is 2.44 bits per heavy atom. The Morgan fingerprint density at radius 1 is 0.930 bits per heavy atom. The zero-order chi connectivity index (χ0) is 30.1. The quantitative estimate of drug-likeness (QED) is 0.278. The monoisotopic (exact) mass is 587 g/mol. The van der Waals surface area contributed by atoms with E-state index in [0.29, 0.717) is 56.2 Å². The van der Waals surface area contributed by atoms with Crippen molar-refractivity contribution in [1.82, 2.24) is 30.1 Å². The van der Waals surface area contributed by atoms with Crippen molar-refractivity contribution >= 4 is 16.6 Å². The van der Waals surface area contributed by atoms with Gasteiger partial charge in [0.25, 0.3) is 5.56 Å². The van der Waals surface area contributed by atoms with Crippen molar-refractivity contribution in [2.75, 3.05) is 31.1 Å². The van der Waals surface area contributed by atoms with Gasteiger partial charge in [-0.05, 0) is 77.7 Å². The molecule has 0 saturated carbocycles. The van der Waals surface area contributed by atoms with E-state index in [1.165, 1.54) is 12.1 Å². The van der Waals surface area contributed by atoms with Crippen LogP contribution in [0.4, 0.5) is 18.9 Å². The molecular formula is C32H32F3N7O. The molecule has 1 unspecified atom stereocenters. The molecule has 222 valence electrons. The normalized spacial score (nSPS) is 15.2. The van der Waals surface area contributed by atoms with Crippen LogP contribution in [0, 0.1) is 13.8 Å². The molecule has 3 heterocycles. The van der Waals surface area contributed by atoms with Gasteiger partial charge in [0.05, 0.1) is 5.56 Å². The van der Waals surface area contributed by atoms with Crippen LogP contribution in [-0.2, 0) is 19.1 Å². The van der Waals surface area contributed by atoms with Gasteiger partial charge in [0.1, 0.15) is 6.04 Å². The third kappa shape index (κ3) is 6.03. The third-order valence-electron chi connectivity index (χ3n) is 8.11. The Hall–Kier alpha value is -4.51. The van der Waals surface area contributed by atoms with Gasteiger partial charge in [-0.2, -0.15) is 13.2 Å². The topological polar surface area (TPSA) is 82.9 Å². The van der Waals surface area contributed by atoms with Crippen molar-refractivity contribution in [3.63, 3.8) is 0 Å². The average molecular weight is 588 g/mol. The van der Waals surface area contributed by atoms with Crippen molar-refractivity contribution in [3.05, 3.63) is 117 Å². The van der Waals surface area contributed by atoms with Crippen LogP contribution in [0.15, 0.2) is 77.6 Å². The number of aryl methyl sites for hydroxylation is 4. The van der Waals surface area contributed by atoms with Crippen molar-refractivity contribution in [3.8, 4) is 0 Å². The number of aromatic nitrogens is 5. The molecule has 43 heavy (non-hydrogen) atoms. The molecule has 8 nitrogen and oxygen atoms in total. The number of pyridine rings is 1. The van der Waals surface area contributed by atoms with Gasteiger partial charge in [0, 0.05) is 54.9 Å². The molecule has 1 atom stereocenters. The lowest BCUT2D eigenvalue weighted by atomic mass is 9.99. The number of nitrogens with zero attached hydrogens (tertiary/aromatic N) is 6. The molecule has 5 aromatic rings. The molecule has 3 aromatic carbocycles. The van der Waals surface area contributed by atoms with E-state index < -0.39 is 17.8 Å². The Kier molecular flexibility index (Phi) is 7.74. The summed E-state index contributed by atoms with van der Waals surface area (Å²) in [4.78, 5) is 20.8. The van der Waals surface area contributed by atoms with Crippen LogP contribution in [0.3, 0.4) is 0 Å². The standard InChI is InChI=1S/C32H32F3N7O/c1-21-17-22(2)26-20-27(31(43)36-28(26)18-21)29(30-37-38-39-42(30)12-11-23-7-4-3-5-8-23)41-15-13-40(14-16-41)25-10-6-9-24(19-25)32(33,34)35/h3-10,17-20,29H,11-16H2,1-2H3,(H,36,43). The second-order valence-electron chi connectivity index (χ2n) is 11.1. The van der Waals surface area contributed by atoms with Crippen LogP contribution in [0.5, 0.6) is 0 Å². The zero-order valence-electron chi connectivity index (χ0n) is 24.0. The fourth-order valence-corrected chi connectivity index (χ4v) is 5.96. The molecule has 1 fully saturated rings. The summed E-state index contributed by atoms with van der Waals surface area (Å²) in [7, 11) is 0. The van der Waals surface area contributed by atoms with Gasteiger partial charge >= 0.3 is 6.18 Å². The first-order chi connectivity index (χ1) is 20.7. The Morgan fingerprint density at radius 2 is 1.70 bits per heavy atom. The summed E-state index contributed by atoms with van der Waals surface area (Å²) in [6.07, 6.45) is -3.70. The largest absolute Gasteiger partial charge is 0.416 e. The van der Waals surface area contributed by atoms with Crippen LogP contribution < -0.4 is 10.5 Å². The number of H-pyrrole nitrogens is 1. The number of anilines is 1. The number of hydrogen-bond acceptors (Lipinski definition) is 6. The highest BCUT2D eigenvalue weighted by Gasteiger charge is 2.34. The fourth-order valence-electron chi connectivity index (χ4n) is 5.96. The summed E-state index contributed by atoms with van der Waals surface area (Å²) in [5.74, 6) is 0.554. The van der Waals surface area contributed by atoms with E-state index in [9.17, 15) is 18.0 Å². The number of alkyl halides is 3. The molecule has 1 saturated heterocycles. The van der Waals surface area contributed by atoms with Crippen LogP contribution >= 0.6 is 0 Å². The average Bonchev–Trinajstić information content (AvgIpc) is 3.45. The predicted octanol–water partition coefficient (Wildman–Crippen LogP) is 5.30. The van der Waals surface area contributed by atoms with Crippen LogP contribution in [0.1, 0.15) is 39.7 Å². The summed E-state index contributed by atoms with van der Waals surface area (Å²) in [5, 5.41) is 13.7. The molecule has 11 heteroatoms. The van der Waals surface area contributed by atoms with Gasteiger partial charge in [-0.15, -0.1) is 5.10 Å². The van der Waals surface area contributed by atoms with Gasteiger partial charge in [-0.25, -0.2) is 4.68 Å². The number of piperazine rings is 1. The van der Waals surface area contributed by atoms with E-state index in [4.69, 9.17) is 0 Å². The molecule has 0 bridgehead atoms. The van der Waals surface area contributed by atoms with Gasteiger partial charge in [-0.3, -0.25) is 9.69 Å². The lowest BCUT2D eigenvalue weighted by molar-refractivity contribution is -0.137. The van der Waals surface area contributed by atoms with Crippen LogP contribution in [-0.4, -0.2) is 56.3 Å². The van der Waals surface area contributed by atoms with Gasteiger partial charge < -0.3 is 9.88 Å². The Labute approximate surface area is 246 Å². The first-order valence-electron chi connectivity index (χ1n) is 14.3. The first-order valence-corrected chi connectivity index (χ1v) is 14.3. The fraction of sp³-hybridized carbons (Fsp3) is 0.312. The van der Waals surface area contributed by atoms with Crippen LogP contribution in [0.25, 0.3) is 10.9 Å². The number of tetrazole rings is 1. The van der Waals surface area contributed by atoms with Gasteiger partial charge in [-0.1, -0.05) is 42.5 Å². The molecule has 0 amide bonds. The molecule has 0 spiro atoms. The van der Waals surface area contributed by atoms with Crippen molar-refractivity contribution in [2.24, 2.45) is 0 Å². The SMILES string of the molecule is Cc1cc(C)c2cc(C(c3nnnn3CCc3ccccc3)N3CCN(c4cccc(C(F)(F)F)c4)CC3)c(=O)[nH]c2c1. The number of hydrogen-bond donors (Lipinski definition) is 1. The van der Waals surface area contributed by atoms with Crippen molar-refractivity contribution in [1.29, 1.82) is 0 Å². The Balaban J connectivity index is 1.35. The van der Waals surface area contributed by atoms with E-state index >= 15 is 0 Å². The summed E-state index contributed by atoms with van der Waals surface area (Å²) >= 11 is 0. The molecule has 0 radical (unpaired) electrons. The van der Waals surface area contributed by atoms with E-state index in [0.717, 1.165) is 33.7 Å². The summed E-state index contributed by atoms with van der Waals surface area (Å²) in [5.41, 5.74) is 4.17. The van der Waals surface area contributed by atoms with E-state index in [2.05, 4.69) is 31.5 Å². The summed E-state index contributed by atoms with van der Waals surface area (Å²) in [6.45, 7) is 6.49. The summed E-state index contributed by atoms with van der Waals surface area (Å²) in [6, 6.07) is 20.9. The second-order valence-corrected chi connectivity index (χ2v) is 11.1. The van der Waals surface area contributed by atoms with E-state index in [-0.39, 0.29) is 5.56 Å². The van der Waals surface area contributed by atoms with Crippen LogP contribution in [0.2, 0.25) is 0 Å². The highest BCUT2D eigenvalue weighted by molar-refractivity contribution is 5.83. The molecule has 1 aliphatic rings. The van der Waals surface area contributed by atoms with Gasteiger partial charge in [0.15, 0.2) is 5.82 Å². The Bertz CT molecular complexity index is 1790. The predicted molar refractivity (Wildman–Crippen MR) is 159 cm³/mol. The zero-order valence-corrected chi connectivity index (χ0v) is 24.0. The molecule has 2 aromatic heterocycles. The maximum atomic E-state index is 13.7. The lowest BCUT2D eigenvalue weighted by Crippen LogP contribution is -2.49. The highest BCUT2D eigenvalue weighted by atomic mass is 19.4. The number of aromatic amines is 1. The number of rotatable bonds is 7. The number of benzene rings is 3. The van der Waals surface area contributed by atoms with E-state index in [1.807, 2.05) is 61.2 Å².